The molecular weight excluding hydrogens is 368 g/mol. The lowest BCUT2D eigenvalue weighted by Crippen LogP contribution is -1.94. The lowest BCUT2D eigenvalue weighted by atomic mass is 10.0. The van der Waals surface area contributed by atoms with E-state index >= 15 is 0 Å². The normalized spacial score (nSPS) is 13.0. The topological polar surface area (TPSA) is 0 Å². The molecule has 140 valence electrons. The van der Waals surface area contributed by atoms with Gasteiger partial charge in [-0.3, -0.25) is 0 Å². The Kier molecular flexibility index (Phi) is 4.09. The van der Waals surface area contributed by atoms with E-state index in [-0.39, 0.29) is 0 Å². The summed E-state index contributed by atoms with van der Waals surface area (Å²) >= 11 is 2.05. The second kappa shape index (κ2) is 6.93. The van der Waals surface area contributed by atoms with E-state index in [2.05, 4.69) is 84.9 Å². The van der Waals surface area contributed by atoms with Crippen LogP contribution in [-0.4, -0.2) is 0 Å². The molecule has 0 fully saturated rings. The lowest BCUT2D eigenvalue weighted by Gasteiger charge is -2.11. The van der Waals surface area contributed by atoms with Crippen molar-refractivity contribution in [2.45, 2.75) is 24.3 Å². The minimum absolute atomic E-state index is 1.08. The molecule has 6 rings (SSSR count). The van der Waals surface area contributed by atoms with Gasteiger partial charge in [0.1, 0.15) is 0 Å². The first-order valence-corrected chi connectivity index (χ1v) is 11.5. The van der Waals surface area contributed by atoms with Crippen molar-refractivity contribution in [2.24, 2.45) is 0 Å². The van der Waals surface area contributed by atoms with Gasteiger partial charge in [0, 0.05) is 11.5 Å². The van der Waals surface area contributed by atoms with Crippen molar-refractivity contribution >= 4 is 11.8 Å². The molecule has 0 unspecified atom stereocenters. The fourth-order valence-corrected chi connectivity index (χ4v) is 6.07. The maximum Gasteiger partial charge on any atom is 0.0190 e. The van der Waals surface area contributed by atoms with Crippen LogP contribution in [0.4, 0.5) is 0 Å². The number of benzene rings is 4. The van der Waals surface area contributed by atoms with Gasteiger partial charge < -0.3 is 0 Å². The van der Waals surface area contributed by atoms with Gasteiger partial charge in [0.05, 0.1) is 0 Å². The summed E-state index contributed by atoms with van der Waals surface area (Å²) in [6.07, 6.45) is 2.16. The Balaban J connectivity index is 1.23. The maximum atomic E-state index is 2.32. The summed E-state index contributed by atoms with van der Waals surface area (Å²) in [6.45, 7) is 0. The van der Waals surface area contributed by atoms with Crippen LogP contribution in [0.2, 0.25) is 0 Å². The molecule has 29 heavy (non-hydrogen) atoms. The van der Waals surface area contributed by atoms with E-state index in [9.17, 15) is 0 Å². The monoisotopic (exact) mass is 390 g/mol. The second-order valence-corrected chi connectivity index (χ2v) is 9.03. The number of fused-ring (bicyclic) bond motifs is 6. The van der Waals surface area contributed by atoms with Crippen LogP contribution in [0.1, 0.15) is 33.4 Å². The highest BCUT2D eigenvalue weighted by Crippen LogP contribution is 2.41. The van der Waals surface area contributed by atoms with Gasteiger partial charge in [0.2, 0.25) is 0 Å². The fourth-order valence-electron chi connectivity index (χ4n) is 4.99. The van der Waals surface area contributed by atoms with Gasteiger partial charge in [-0.05, 0) is 68.5 Å². The first kappa shape index (κ1) is 17.1. The first-order chi connectivity index (χ1) is 14.4. The van der Waals surface area contributed by atoms with Crippen LogP contribution in [0.5, 0.6) is 0 Å². The molecule has 0 bridgehead atoms. The SMILES string of the molecule is c1ccc2c(c1)Cc1c(CSCc3cccc4c3Cc3ccccc3-4)cccc1-2. The van der Waals surface area contributed by atoms with Crippen LogP contribution in [0.3, 0.4) is 0 Å². The van der Waals surface area contributed by atoms with E-state index in [0.29, 0.717) is 0 Å². The highest BCUT2D eigenvalue weighted by Gasteiger charge is 2.22. The molecular formula is C28H22S. The molecule has 4 aromatic rings. The lowest BCUT2D eigenvalue weighted by molar-refractivity contribution is 1.19. The largest absolute Gasteiger partial charge is 0.152 e. The molecule has 0 amide bonds. The molecule has 0 spiro atoms. The van der Waals surface area contributed by atoms with Crippen LogP contribution < -0.4 is 0 Å². The third kappa shape index (κ3) is 2.84. The smallest absolute Gasteiger partial charge is 0.0190 e. The average Bonchev–Trinajstić information content (AvgIpc) is 3.33. The van der Waals surface area contributed by atoms with Crippen LogP contribution in [0.25, 0.3) is 22.3 Å². The molecule has 0 saturated carbocycles. The Hall–Kier alpha value is -2.77. The zero-order chi connectivity index (χ0) is 19.2. The van der Waals surface area contributed by atoms with Crippen molar-refractivity contribution < 1.29 is 0 Å². The zero-order valence-electron chi connectivity index (χ0n) is 16.3. The van der Waals surface area contributed by atoms with Gasteiger partial charge >= 0.3 is 0 Å². The number of hydrogen-bond donors (Lipinski definition) is 0. The summed E-state index contributed by atoms with van der Waals surface area (Å²) in [6, 6.07) is 31.4. The minimum atomic E-state index is 1.08. The Morgan fingerprint density at radius 3 is 1.45 bits per heavy atom. The Morgan fingerprint density at radius 1 is 0.483 bits per heavy atom. The fraction of sp³-hybridized carbons (Fsp3) is 0.143. The van der Waals surface area contributed by atoms with E-state index < -0.39 is 0 Å². The van der Waals surface area contributed by atoms with Crippen LogP contribution in [0, 0.1) is 0 Å². The molecule has 0 saturated heterocycles. The predicted octanol–water partition coefficient (Wildman–Crippen LogP) is 7.26. The molecule has 2 aliphatic carbocycles. The Morgan fingerprint density at radius 2 is 0.931 bits per heavy atom. The summed E-state index contributed by atoms with van der Waals surface area (Å²) in [7, 11) is 0. The quantitative estimate of drug-likeness (QED) is 0.305. The van der Waals surface area contributed by atoms with Crippen molar-refractivity contribution in [3.63, 3.8) is 0 Å². The minimum Gasteiger partial charge on any atom is -0.152 e. The summed E-state index contributed by atoms with van der Waals surface area (Å²) in [4.78, 5) is 0. The third-order valence-electron chi connectivity index (χ3n) is 6.41. The molecule has 0 aliphatic heterocycles. The molecule has 2 aliphatic rings. The number of hydrogen-bond acceptors (Lipinski definition) is 1. The van der Waals surface area contributed by atoms with E-state index in [1.165, 1.54) is 55.6 Å². The van der Waals surface area contributed by atoms with E-state index in [1.807, 2.05) is 11.8 Å². The average molecular weight is 391 g/mol. The van der Waals surface area contributed by atoms with Crippen molar-refractivity contribution in [3.8, 4) is 22.3 Å². The van der Waals surface area contributed by atoms with Gasteiger partial charge in [0.15, 0.2) is 0 Å². The molecule has 0 aromatic heterocycles. The van der Waals surface area contributed by atoms with Crippen LogP contribution >= 0.6 is 11.8 Å². The first-order valence-electron chi connectivity index (χ1n) is 10.3. The molecule has 4 aromatic carbocycles. The summed E-state index contributed by atoms with van der Waals surface area (Å²) in [5, 5.41) is 0. The number of rotatable bonds is 4. The molecule has 0 radical (unpaired) electrons. The molecule has 0 heterocycles. The van der Waals surface area contributed by atoms with E-state index in [4.69, 9.17) is 0 Å². The summed E-state index contributed by atoms with van der Waals surface area (Å²) < 4.78 is 0. The maximum absolute atomic E-state index is 2.32. The van der Waals surface area contributed by atoms with Gasteiger partial charge in [-0.1, -0.05) is 84.9 Å². The third-order valence-corrected chi connectivity index (χ3v) is 7.44. The standard InChI is InChI=1S/C28H22S/c1-3-11-23-19(7-1)15-27-21(9-5-13-25(23)27)17-29-18-22-10-6-14-26-24-12-4-2-8-20(24)16-28(22)26/h1-14H,15-18H2. The van der Waals surface area contributed by atoms with Gasteiger partial charge in [-0.15, -0.1) is 0 Å². The zero-order valence-corrected chi connectivity index (χ0v) is 17.1. The van der Waals surface area contributed by atoms with Crippen molar-refractivity contribution in [1.82, 2.24) is 0 Å². The Bertz CT molecular complexity index is 1140. The highest BCUT2D eigenvalue weighted by molar-refractivity contribution is 7.97. The van der Waals surface area contributed by atoms with E-state index in [1.54, 1.807) is 0 Å². The highest BCUT2D eigenvalue weighted by atomic mass is 32.2. The van der Waals surface area contributed by atoms with Crippen molar-refractivity contribution in [1.29, 1.82) is 0 Å². The second-order valence-electron chi connectivity index (χ2n) is 8.05. The summed E-state index contributed by atoms with van der Waals surface area (Å²) in [5.74, 6) is 2.15. The van der Waals surface area contributed by atoms with Gasteiger partial charge in [-0.2, -0.15) is 11.8 Å². The predicted molar refractivity (Wildman–Crippen MR) is 124 cm³/mol. The van der Waals surface area contributed by atoms with Gasteiger partial charge in [-0.25, -0.2) is 0 Å². The van der Waals surface area contributed by atoms with Crippen molar-refractivity contribution in [3.05, 3.63) is 118 Å². The molecule has 1 heteroatoms. The van der Waals surface area contributed by atoms with Crippen molar-refractivity contribution in [2.75, 3.05) is 0 Å². The van der Waals surface area contributed by atoms with E-state index in [0.717, 1.165) is 24.3 Å². The van der Waals surface area contributed by atoms with Crippen LogP contribution in [-0.2, 0) is 24.3 Å². The molecule has 0 N–H and O–H groups in total. The van der Waals surface area contributed by atoms with Gasteiger partial charge in [0.25, 0.3) is 0 Å². The summed E-state index contributed by atoms with van der Waals surface area (Å²) in [5.41, 5.74) is 14.7. The Labute approximate surface area is 176 Å². The number of thioether (sulfide) groups is 1. The molecule has 0 nitrogen and oxygen atoms in total. The molecule has 0 atom stereocenters. The van der Waals surface area contributed by atoms with Crippen LogP contribution in [0.15, 0.2) is 84.9 Å².